The van der Waals surface area contributed by atoms with E-state index in [1.54, 1.807) is 42.5 Å². The number of furan rings is 1. The van der Waals surface area contributed by atoms with Crippen LogP contribution >= 0.6 is 34.7 Å². The molecule has 6 rings (SSSR count). The minimum absolute atomic E-state index is 0.0200. The van der Waals surface area contributed by atoms with Crippen LogP contribution in [0.15, 0.2) is 99.0 Å². The number of hydrogen-bond acceptors (Lipinski definition) is 9. The molecule has 1 aliphatic rings. The Bertz CT molecular complexity index is 1760. The second kappa shape index (κ2) is 11.4. The molecule has 1 unspecified atom stereocenters. The van der Waals surface area contributed by atoms with Crippen molar-refractivity contribution in [3.05, 3.63) is 112 Å². The zero-order chi connectivity index (χ0) is 28.5. The number of nitrogens with zero attached hydrogens (tertiary/aromatic N) is 3. The molecule has 1 N–H and O–H groups in total. The van der Waals surface area contributed by atoms with Crippen LogP contribution in [0.5, 0.6) is 5.75 Å². The van der Waals surface area contributed by atoms with Crippen molar-refractivity contribution < 1.29 is 23.8 Å². The molecule has 1 atom stereocenters. The molecule has 0 radical (unpaired) electrons. The molecule has 41 heavy (non-hydrogen) atoms. The molecule has 8 nitrogen and oxygen atoms in total. The molecular weight excluding hydrogens is 582 g/mol. The molecular formula is C30H22ClN3O5S2. The number of fused-ring (bicyclic) bond motifs is 1. The van der Waals surface area contributed by atoms with Gasteiger partial charge in [0.05, 0.1) is 18.2 Å². The molecule has 1 aliphatic heterocycles. The summed E-state index contributed by atoms with van der Waals surface area (Å²) in [7, 11) is 0. The van der Waals surface area contributed by atoms with Gasteiger partial charge in [0.15, 0.2) is 15.9 Å². The Hall–Kier alpha value is -4.12. The van der Waals surface area contributed by atoms with Gasteiger partial charge in [-0.05, 0) is 48.4 Å². The number of benzene rings is 3. The number of para-hydroxylation sites is 1. The number of rotatable bonds is 9. The van der Waals surface area contributed by atoms with E-state index in [1.165, 1.54) is 28.0 Å². The third-order valence-corrected chi connectivity index (χ3v) is 8.99. The van der Waals surface area contributed by atoms with Crippen LogP contribution in [-0.4, -0.2) is 33.6 Å². The topological polar surface area (TPSA) is 106 Å². The van der Waals surface area contributed by atoms with Crippen molar-refractivity contribution in [2.24, 2.45) is 0 Å². The molecule has 3 aromatic carbocycles. The van der Waals surface area contributed by atoms with Crippen LogP contribution in [0.3, 0.4) is 0 Å². The van der Waals surface area contributed by atoms with Crippen molar-refractivity contribution in [1.82, 2.24) is 10.2 Å². The fourth-order valence-corrected chi connectivity index (χ4v) is 6.76. The molecule has 0 aliphatic carbocycles. The molecule has 1 amide bonds. The van der Waals surface area contributed by atoms with E-state index in [-0.39, 0.29) is 16.5 Å². The van der Waals surface area contributed by atoms with Gasteiger partial charge in [0, 0.05) is 16.2 Å². The quantitative estimate of drug-likeness (QED) is 0.105. The van der Waals surface area contributed by atoms with Gasteiger partial charge < -0.3 is 14.3 Å². The predicted molar refractivity (Wildman–Crippen MR) is 159 cm³/mol. The summed E-state index contributed by atoms with van der Waals surface area (Å²) in [6, 6.07) is 22.4. The largest absolute Gasteiger partial charge is 0.503 e. The highest BCUT2D eigenvalue weighted by atomic mass is 35.5. The van der Waals surface area contributed by atoms with Crippen LogP contribution in [0.2, 0.25) is 5.02 Å². The molecule has 11 heteroatoms. The van der Waals surface area contributed by atoms with E-state index in [2.05, 4.69) is 10.2 Å². The summed E-state index contributed by atoms with van der Waals surface area (Å²) < 4.78 is 12.0. The number of thioether (sulfide) groups is 1. The van der Waals surface area contributed by atoms with Crippen molar-refractivity contribution in [1.29, 1.82) is 0 Å². The standard InChI is InChI=1S/C30H22ClN3O5S2/c1-2-38-20-13-11-17(12-14-20)25-24(26(35)23-15-18-7-4-6-10-22(18)39-23)27(36)28(37)34(25)29-32-33-30(41-29)40-16-19-8-3-5-9-21(19)31/h3-15,25,36H,2,16H2,1H3. The van der Waals surface area contributed by atoms with E-state index in [1.807, 2.05) is 43.3 Å². The van der Waals surface area contributed by atoms with E-state index in [9.17, 15) is 14.7 Å². The van der Waals surface area contributed by atoms with Gasteiger partial charge >= 0.3 is 0 Å². The lowest BCUT2D eigenvalue weighted by Crippen LogP contribution is -2.31. The summed E-state index contributed by atoms with van der Waals surface area (Å²) >= 11 is 8.91. The summed E-state index contributed by atoms with van der Waals surface area (Å²) in [5.41, 5.74) is 1.96. The third kappa shape index (κ3) is 5.21. The van der Waals surface area contributed by atoms with Crippen LogP contribution in [0.1, 0.15) is 34.6 Å². The van der Waals surface area contributed by atoms with Gasteiger partial charge in [0.25, 0.3) is 5.91 Å². The van der Waals surface area contributed by atoms with Gasteiger partial charge in [-0.1, -0.05) is 83.2 Å². The fourth-order valence-electron chi connectivity index (χ4n) is 4.60. The average molecular weight is 604 g/mol. The highest BCUT2D eigenvalue weighted by Crippen LogP contribution is 2.44. The predicted octanol–water partition coefficient (Wildman–Crippen LogP) is 7.41. The SMILES string of the molecule is CCOc1ccc(C2C(C(=O)c3cc4ccccc4o3)=C(O)C(=O)N2c2nnc(SCc3ccccc3Cl)s2)cc1. The number of aliphatic hydroxyl groups is 1. The van der Waals surface area contributed by atoms with E-state index >= 15 is 0 Å². The number of Topliss-reactive ketones (excluding diaryl/α,β-unsaturated/α-hetero) is 1. The Kier molecular flexibility index (Phi) is 7.53. The van der Waals surface area contributed by atoms with E-state index in [0.29, 0.717) is 38.6 Å². The van der Waals surface area contributed by atoms with Crippen molar-refractivity contribution in [2.45, 2.75) is 23.1 Å². The maximum Gasteiger partial charge on any atom is 0.296 e. The number of aromatic nitrogens is 2. The minimum Gasteiger partial charge on any atom is -0.503 e. The van der Waals surface area contributed by atoms with Crippen LogP contribution in [0.4, 0.5) is 5.13 Å². The Morgan fingerprint density at radius 1 is 1.10 bits per heavy atom. The Labute approximate surface area is 248 Å². The van der Waals surface area contributed by atoms with Gasteiger partial charge in [-0.3, -0.25) is 14.5 Å². The number of aliphatic hydroxyl groups excluding tert-OH is 1. The van der Waals surface area contributed by atoms with Gasteiger partial charge in [-0.25, -0.2) is 0 Å². The first-order valence-electron chi connectivity index (χ1n) is 12.7. The highest BCUT2D eigenvalue weighted by molar-refractivity contribution is 8.00. The van der Waals surface area contributed by atoms with E-state index in [0.717, 1.165) is 10.9 Å². The number of ketones is 1. The zero-order valence-electron chi connectivity index (χ0n) is 21.6. The highest BCUT2D eigenvalue weighted by Gasteiger charge is 2.46. The molecule has 0 spiro atoms. The molecule has 2 aromatic heterocycles. The summed E-state index contributed by atoms with van der Waals surface area (Å²) in [4.78, 5) is 28.7. The molecule has 0 bridgehead atoms. The number of halogens is 1. The number of hydrogen-bond donors (Lipinski definition) is 1. The lowest BCUT2D eigenvalue weighted by atomic mass is 9.95. The normalized spacial score (nSPS) is 15.2. The summed E-state index contributed by atoms with van der Waals surface area (Å²) in [6.45, 7) is 2.37. The smallest absolute Gasteiger partial charge is 0.296 e. The van der Waals surface area contributed by atoms with Gasteiger partial charge in [0.1, 0.15) is 11.3 Å². The van der Waals surface area contributed by atoms with Crippen LogP contribution in [0.25, 0.3) is 11.0 Å². The zero-order valence-corrected chi connectivity index (χ0v) is 24.0. The van der Waals surface area contributed by atoms with Crippen molar-refractivity contribution in [2.75, 3.05) is 11.5 Å². The molecule has 0 saturated carbocycles. The van der Waals surface area contributed by atoms with E-state index in [4.69, 9.17) is 20.8 Å². The molecule has 5 aromatic rings. The lowest BCUT2D eigenvalue weighted by Gasteiger charge is -2.24. The lowest BCUT2D eigenvalue weighted by molar-refractivity contribution is -0.117. The van der Waals surface area contributed by atoms with Gasteiger partial charge in [-0.2, -0.15) is 0 Å². The number of carbonyl (C=O) groups excluding carboxylic acids is 2. The Balaban J connectivity index is 1.36. The minimum atomic E-state index is -0.965. The third-order valence-electron chi connectivity index (χ3n) is 6.52. The first-order chi connectivity index (χ1) is 19.9. The van der Waals surface area contributed by atoms with Crippen molar-refractivity contribution in [3.63, 3.8) is 0 Å². The van der Waals surface area contributed by atoms with Crippen molar-refractivity contribution in [3.8, 4) is 5.75 Å². The second-order valence-corrected chi connectivity index (χ2v) is 11.6. The first-order valence-corrected chi connectivity index (χ1v) is 14.8. The van der Waals surface area contributed by atoms with E-state index < -0.39 is 23.5 Å². The fraction of sp³-hybridized carbons (Fsp3) is 0.133. The molecule has 0 fully saturated rings. The second-order valence-electron chi connectivity index (χ2n) is 9.05. The Morgan fingerprint density at radius 3 is 2.61 bits per heavy atom. The first kappa shape index (κ1) is 27.1. The number of anilines is 1. The molecule has 0 saturated heterocycles. The summed E-state index contributed by atoms with van der Waals surface area (Å²) in [5.74, 6) is -0.779. The van der Waals surface area contributed by atoms with Crippen LogP contribution in [-0.2, 0) is 10.5 Å². The molecule has 206 valence electrons. The molecule has 3 heterocycles. The number of ether oxygens (including phenoxy) is 1. The van der Waals surface area contributed by atoms with Gasteiger partial charge in [0.2, 0.25) is 10.9 Å². The summed E-state index contributed by atoms with van der Waals surface area (Å²) in [5, 5.41) is 21.2. The maximum absolute atomic E-state index is 13.8. The summed E-state index contributed by atoms with van der Waals surface area (Å²) in [6.07, 6.45) is 0. The van der Waals surface area contributed by atoms with Crippen LogP contribution < -0.4 is 9.64 Å². The van der Waals surface area contributed by atoms with Crippen molar-refractivity contribution >= 4 is 62.5 Å². The average Bonchev–Trinajstić information content (AvgIpc) is 3.69. The Morgan fingerprint density at radius 2 is 1.85 bits per heavy atom. The van der Waals surface area contributed by atoms with Crippen LogP contribution in [0, 0.1) is 0 Å². The monoisotopic (exact) mass is 603 g/mol. The number of carbonyl (C=O) groups is 2. The maximum atomic E-state index is 13.8. The number of amides is 1. The van der Waals surface area contributed by atoms with Gasteiger partial charge in [-0.15, -0.1) is 10.2 Å².